The van der Waals surface area contributed by atoms with Gasteiger partial charge in [-0.25, -0.2) is 0 Å². The molecule has 1 aliphatic rings. The average molecular weight is 438 g/mol. The molecule has 4 heterocycles. The van der Waals surface area contributed by atoms with Gasteiger partial charge >= 0.3 is 0 Å². The van der Waals surface area contributed by atoms with E-state index in [1.807, 2.05) is 41.0 Å². The molecular formula is C25H18N4O4. The summed E-state index contributed by atoms with van der Waals surface area (Å²) in [5.41, 5.74) is 3.07. The van der Waals surface area contributed by atoms with Crippen molar-refractivity contribution in [3.63, 3.8) is 0 Å². The molecule has 0 N–H and O–H groups in total. The molecule has 0 fully saturated rings. The van der Waals surface area contributed by atoms with Crippen molar-refractivity contribution in [3.05, 3.63) is 77.2 Å². The largest absolute Gasteiger partial charge is 0.459 e. The lowest BCUT2D eigenvalue weighted by molar-refractivity contribution is -0.140. The van der Waals surface area contributed by atoms with Crippen LogP contribution in [-0.2, 0) is 9.59 Å². The molecule has 8 heteroatoms. The lowest BCUT2D eigenvalue weighted by Crippen LogP contribution is -2.42. The van der Waals surface area contributed by atoms with Gasteiger partial charge in [0.1, 0.15) is 11.6 Å². The van der Waals surface area contributed by atoms with Crippen molar-refractivity contribution in [2.45, 2.75) is 13.8 Å². The number of oxazole rings is 1. The molecule has 0 unspecified atom stereocenters. The minimum absolute atomic E-state index is 0.0394. The maximum atomic E-state index is 13.1. The van der Waals surface area contributed by atoms with Crippen molar-refractivity contribution < 1.29 is 18.4 Å². The van der Waals surface area contributed by atoms with Crippen molar-refractivity contribution in [1.29, 1.82) is 5.26 Å². The number of rotatable bonds is 4. The zero-order valence-electron chi connectivity index (χ0n) is 17.9. The zero-order valence-corrected chi connectivity index (χ0v) is 17.9. The van der Waals surface area contributed by atoms with Crippen LogP contribution in [-0.4, -0.2) is 32.8 Å². The Bertz CT molecular complexity index is 1500. The van der Waals surface area contributed by atoms with Crippen LogP contribution >= 0.6 is 0 Å². The number of hydrogen-bond donors (Lipinski definition) is 0. The highest BCUT2D eigenvalue weighted by atomic mass is 16.4. The van der Waals surface area contributed by atoms with E-state index in [2.05, 4.69) is 4.98 Å². The minimum atomic E-state index is -0.573. The first kappa shape index (κ1) is 20.3. The first-order valence-corrected chi connectivity index (χ1v) is 10.3. The van der Waals surface area contributed by atoms with E-state index in [1.165, 1.54) is 0 Å². The number of fused-ring (bicyclic) bond motifs is 1. The smallest absolute Gasteiger partial charge is 0.271 e. The van der Waals surface area contributed by atoms with Gasteiger partial charge in [-0.2, -0.15) is 10.2 Å². The summed E-state index contributed by atoms with van der Waals surface area (Å²) in [6.45, 7) is 3.48. The summed E-state index contributed by atoms with van der Waals surface area (Å²) in [7, 11) is 0. The summed E-state index contributed by atoms with van der Waals surface area (Å²) in [6.07, 6.45) is 3.21. The third-order valence-corrected chi connectivity index (χ3v) is 5.56. The van der Waals surface area contributed by atoms with E-state index in [9.17, 15) is 14.9 Å². The second-order valence-electron chi connectivity index (χ2n) is 7.45. The third-order valence-electron chi connectivity index (χ3n) is 5.56. The summed E-state index contributed by atoms with van der Waals surface area (Å²) in [5, 5.41) is 9.52. The van der Waals surface area contributed by atoms with E-state index < -0.39 is 11.8 Å². The number of furan rings is 1. The Kier molecular flexibility index (Phi) is 4.79. The zero-order chi connectivity index (χ0) is 23.1. The van der Waals surface area contributed by atoms with Crippen molar-refractivity contribution in [2.24, 2.45) is 0 Å². The molecule has 8 nitrogen and oxygen atoms in total. The van der Waals surface area contributed by atoms with Crippen LogP contribution < -0.4 is 0 Å². The van der Waals surface area contributed by atoms with Crippen LogP contribution in [0.1, 0.15) is 19.5 Å². The van der Waals surface area contributed by atoms with E-state index in [1.54, 1.807) is 44.4 Å². The van der Waals surface area contributed by atoms with Crippen LogP contribution in [0.5, 0.6) is 0 Å². The maximum absolute atomic E-state index is 13.1. The fourth-order valence-corrected chi connectivity index (χ4v) is 3.92. The van der Waals surface area contributed by atoms with Gasteiger partial charge in [0.2, 0.25) is 0 Å². The molecule has 0 spiro atoms. The number of amides is 2. The predicted octanol–water partition coefficient (Wildman–Crippen LogP) is 4.49. The number of imide groups is 1. The van der Waals surface area contributed by atoms with E-state index >= 15 is 0 Å². The van der Waals surface area contributed by atoms with Crippen LogP contribution in [0.2, 0.25) is 0 Å². The number of aromatic nitrogens is 2. The molecule has 5 rings (SSSR count). The van der Waals surface area contributed by atoms with Gasteiger partial charge in [0.25, 0.3) is 17.7 Å². The van der Waals surface area contributed by atoms with Gasteiger partial charge in [-0.15, -0.1) is 0 Å². The van der Waals surface area contributed by atoms with Crippen molar-refractivity contribution in [3.8, 4) is 23.4 Å². The standard InChI is InChI=1S/C25H18N4O4/c1-3-28-24(30)18(15(2)19(14-26)25(28)31)12-17-13-21-22(29(17)16-8-5-4-6-9-16)27-23(33-21)20-10-7-11-32-20/h4-13H,3H2,1-2H3/b18-12-. The molecule has 4 aromatic rings. The molecule has 162 valence electrons. The Morgan fingerprint density at radius 1 is 1.12 bits per heavy atom. The molecule has 33 heavy (non-hydrogen) atoms. The third kappa shape index (κ3) is 3.18. The Morgan fingerprint density at radius 2 is 1.91 bits per heavy atom. The topological polar surface area (TPSA) is 105 Å². The van der Waals surface area contributed by atoms with Crippen molar-refractivity contribution in [2.75, 3.05) is 6.54 Å². The molecule has 0 atom stereocenters. The van der Waals surface area contributed by atoms with Gasteiger partial charge in [0.05, 0.1) is 12.0 Å². The van der Waals surface area contributed by atoms with Gasteiger partial charge in [-0.3, -0.25) is 19.1 Å². The van der Waals surface area contributed by atoms with Gasteiger partial charge in [0, 0.05) is 23.9 Å². The van der Waals surface area contributed by atoms with Gasteiger partial charge < -0.3 is 8.83 Å². The van der Waals surface area contributed by atoms with Crippen LogP contribution in [0.4, 0.5) is 0 Å². The van der Waals surface area contributed by atoms with E-state index in [4.69, 9.17) is 8.83 Å². The lowest BCUT2D eigenvalue weighted by Gasteiger charge is -2.26. The van der Waals surface area contributed by atoms with Crippen LogP contribution in [0.25, 0.3) is 34.6 Å². The lowest BCUT2D eigenvalue weighted by atomic mass is 9.94. The SMILES string of the molecule is CCN1C(=O)C(C#N)=C(C)/C(=C/c2cc3oc(-c4ccco4)nc3n2-c2ccccc2)C1=O. The fourth-order valence-electron chi connectivity index (χ4n) is 3.92. The summed E-state index contributed by atoms with van der Waals surface area (Å²) in [6, 6.07) is 16.7. The van der Waals surface area contributed by atoms with E-state index in [-0.39, 0.29) is 17.7 Å². The Balaban J connectivity index is 1.74. The maximum Gasteiger partial charge on any atom is 0.271 e. The number of nitriles is 1. The number of para-hydroxylation sites is 1. The highest BCUT2D eigenvalue weighted by Crippen LogP contribution is 2.33. The number of nitrogens with zero attached hydrogens (tertiary/aromatic N) is 4. The molecule has 1 aliphatic heterocycles. The van der Waals surface area contributed by atoms with E-state index in [0.29, 0.717) is 34.1 Å². The van der Waals surface area contributed by atoms with Gasteiger partial charge in [0.15, 0.2) is 17.0 Å². The average Bonchev–Trinajstić information content (AvgIpc) is 3.54. The number of carbonyl (C=O) groups excluding carboxylic acids is 2. The molecular weight excluding hydrogens is 420 g/mol. The van der Waals surface area contributed by atoms with Gasteiger partial charge in [-0.05, 0) is 49.8 Å². The Hall–Kier alpha value is -4.64. The van der Waals surface area contributed by atoms with Gasteiger partial charge in [-0.1, -0.05) is 18.2 Å². The van der Waals surface area contributed by atoms with Crippen LogP contribution in [0, 0.1) is 11.3 Å². The quantitative estimate of drug-likeness (QED) is 0.343. The normalized spacial score (nSPS) is 15.7. The van der Waals surface area contributed by atoms with Crippen LogP contribution in [0.3, 0.4) is 0 Å². The number of carbonyl (C=O) groups is 2. The monoisotopic (exact) mass is 438 g/mol. The second-order valence-corrected chi connectivity index (χ2v) is 7.45. The Labute approximate surface area is 188 Å². The predicted molar refractivity (Wildman–Crippen MR) is 120 cm³/mol. The summed E-state index contributed by atoms with van der Waals surface area (Å²) >= 11 is 0. The van der Waals surface area contributed by atoms with Crippen molar-refractivity contribution in [1.82, 2.24) is 14.5 Å². The molecule has 3 aromatic heterocycles. The molecule has 0 aliphatic carbocycles. The highest BCUT2D eigenvalue weighted by molar-refractivity contribution is 6.19. The van der Waals surface area contributed by atoms with Crippen molar-refractivity contribution >= 4 is 29.1 Å². The number of hydrogen-bond acceptors (Lipinski definition) is 6. The second kappa shape index (κ2) is 7.80. The molecule has 0 radical (unpaired) electrons. The molecule has 0 bridgehead atoms. The molecule has 1 aromatic carbocycles. The van der Waals surface area contributed by atoms with E-state index in [0.717, 1.165) is 10.6 Å². The van der Waals surface area contributed by atoms with Crippen LogP contribution in [0.15, 0.2) is 80.3 Å². The summed E-state index contributed by atoms with van der Waals surface area (Å²) in [4.78, 5) is 31.3. The first-order valence-electron chi connectivity index (χ1n) is 10.3. The number of likely N-dealkylation sites (N-methyl/N-ethyl adjacent to an activating group) is 1. The number of benzene rings is 1. The Morgan fingerprint density at radius 3 is 2.58 bits per heavy atom. The molecule has 0 saturated carbocycles. The summed E-state index contributed by atoms with van der Waals surface area (Å²) in [5.74, 6) is -0.173. The first-order chi connectivity index (χ1) is 16.0. The minimum Gasteiger partial charge on any atom is -0.459 e. The fraction of sp³-hybridized carbons (Fsp3) is 0.120. The molecule has 2 amide bonds. The summed E-state index contributed by atoms with van der Waals surface area (Å²) < 4.78 is 13.2. The highest BCUT2D eigenvalue weighted by Gasteiger charge is 2.34. The molecule has 0 saturated heterocycles.